The molecule has 2 atom stereocenters. The molecule has 3 N–H and O–H groups in total. The highest BCUT2D eigenvalue weighted by Crippen LogP contribution is 2.16. The van der Waals surface area contributed by atoms with Gasteiger partial charge in [0.1, 0.15) is 0 Å². The molecule has 0 aromatic carbocycles. The van der Waals surface area contributed by atoms with Crippen molar-refractivity contribution in [2.24, 2.45) is 0 Å². The lowest BCUT2D eigenvalue weighted by atomic mass is 10.0. The zero-order chi connectivity index (χ0) is 35.0. The number of hydrogen-bond acceptors (Lipinski definition) is 3. The van der Waals surface area contributed by atoms with Gasteiger partial charge in [-0.25, -0.2) is 0 Å². The maximum atomic E-state index is 12.4. The average molecular weight is 676 g/mol. The fourth-order valence-electron chi connectivity index (χ4n) is 6.63. The molecule has 0 radical (unpaired) electrons. The van der Waals surface area contributed by atoms with Crippen molar-refractivity contribution >= 4 is 5.91 Å². The molecule has 0 saturated carbocycles. The van der Waals surface area contributed by atoms with Crippen LogP contribution in [0.15, 0.2) is 24.3 Å². The Kier molecular flexibility index (Phi) is 39.4. The minimum absolute atomic E-state index is 0.0439. The van der Waals surface area contributed by atoms with E-state index in [1.54, 1.807) is 0 Å². The van der Waals surface area contributed by atoms with Crippen molar-refractivity contribution in [3.05, 3.63) is 24.3 Å². The van der Waals surface area contributed by atoms with Crippen LogP contribution in [0.3, 0.4) is 0 Å². The van der Waals surface area contributed by atoms with Crippen molar-refractivity contribution in [2.75, 3.05) is 6.61 Å². The third kappa shape index (κ3) is 36.2. The summed E-state index contributed by atoms with van der Waals surface area (Å²) in [6, 6.07) is -0.541. The van der Waals surface area contributed by atoms with Crippen molar-refractivity contribution in [1.82, 2.24) is 5.32 Å². The number of amides is 1. The highest BCUT2D eigenvalue weighted by molar-refractivity contribution is 5.76. The molecule has 284 valence electrons. The van der Waals surface area contributed by atoms with Crippen LogP contribution >= 0.6 is 0 Å². The summed E-state index contributed by atoms with van der Waals surface area (Å²) in [6.07, 6.45) is 51.1. The van der Waals surface area contributed by atoms with Crippen LogP contribution in [0, 0.1) is 0 Å². The van der Waals surface area contributed by atoms with Gasteiger partial charge in [0.05, 0.1) is 18.8 Å². The second kappa shape index (κ2) is 40.3. The number of aliphatic hydroxyl groups is 2. The standard InChI is InChI=1S/C44H85NO3/c1-3-5-7-9-11-13-15-17-19-20-21-22-23-24-26-27-29-31-33-35-37-39-43(47)42(41-46)45-44(48)40-38-36-34-32-30-28-25-18-16-14-12-10-8-6-4-2/h12,14,18,25,42-43,46-47H,3-11,13,15-17,19-24,26-41H2,1-2H3,(H,45,48)/b14-12-,25-18-. The zero-order valence-corrected chi connectivity index (χ0v) is 32.5. The van der Waals surface area contributed by atoms with Crippen molar-refractivity contribution in [1.29, 1.82) is 0 Å². The van der Waals surface area contributed by atoms with E-state index in [0.717, 1.165) is 44.9 Å². The molecule has 0 aliphatic heterocycles. The highest BCUT2D eigenvalue weighted by atomic mass is 16.3. The predicted octanol–water partition coefficient (Wildman–Crippen LogP) is 13.2. The van der Waals surface area contributed by atoms with Crippen molar-refractivity contribution in [3.8, 4) is 0 Å². The van der Waals surface area contributed by atoms with Crippen LogP contribution in [0.2, 0.25) is 0 Å². The Balaban J connectivity index is 3.51. The summed E-state index contributed by atoms with van der Waals surface area (Å²) in [6.45, 7) is 4.33. The third-order valence-electron chi connectivity index (χ3n) is 9.97. The lowest BCUT2D eigenvalue weighted by molar-refractivity contribution is -0.123. The summed E-state index contributed by atoms with van der Waals surface area (Å²) in [4.78, 5) is 12.4. The third-order valence-corrected chi connectivity index (χ3v) is 9.97. The summed E-state index contributed by atoms with van der Waals surface area (Å²) >= 11 is 0. The van der Waals surface area contributed by atoms with E-state index in [0.29, 0.717) is 12.8 Å². The molecule has 1 amide bonds. The number of carbonyl (C=O) groups excluding carboxylic acids is 1. The summed E-state index contributed by atoms with van der Waals surface area (Å²) in [5.74, 6) is -0.0439. The fourth-order valence-corrected chi connectivity index (χ4v) is 6.63. The number of rotatable bonds is 39. The summed E-state index contributed by atoms with van der Waals surface area (Å²) < 4.78 is 0. The van der Waals surface area contributed by atoms with Gasteiger partial charge in [0, 0.05) is 6.42 Å². The largest absolute Gasteiger partial charge is 0.394 e. The number of aliphatic hydroxyl groups excluding tert-OH is 2. The lowest BCUT2D eigenvalue weighted by Crippen LogP contribution is -2.45. The van der Waals surface area contributed by atoms with Gasteiger partial charge in [0.2, 0.25) is 5.91 Å². The van der Waals surface area contributed by atoms with Crippen LogP contribution in [0.25, 0.3) is 0 Å². The summed E-state index contributed by atoms with van der Waals surface area (Å²) in [5, 5.41) is 23.1. The van der Waals surface area contributed by atoms with E-state index in [2.05, 4.69) is 43.5 Å². The van der Waals surface area contributed by atoms with Crippen LogP contribution in [0.1, 0.15) is 232 Å². The minimum atomic E-state index is -0.663. The maximum Gasteiger partial charge on any atom is 0.220 e. The van der Waals surface area contributed by atoms with Gasteiger partial charge in [-0.3, -0.25) is 4.79 Å². The van der Waals surface area contributed by atoms with E-state index < -0.39 is 12.1 Å². The number of nitrogens with one attached hydrogen (secondary N) is 1. The first-order valence-corrected chi connectivity index (χ1v) is 21.5. The Morgan fingerprint density at radius 1 is 0.500 bits per heavy atom. The first kappa shape index (κ1) is 46.9. The monoisotopic (exact) mass is 676 g/mol. The van der Waals surface area contributed by atoms with Gasteiger partial charge in [0.15, 0.2) is 0 Å². The van der Waals surface area contributed by atoms with Gasteiger partial charge in [-0.2, -0.15) is 0 Å². The van der Waals surface area contributed by atoms with Crippen LogP contribution in [-0.2, 0) is 4.79 Å². The second-order valence-electron chi connectivity index (χ2n) is 14.8. The van der Waals surface area contributed by atoms with Crippen LogP contribution in [0.4, 0.5) is 0 Å². The lowest BCUT2D eigenvalue weighted by Gasteiger charge is -2.22. The molecule has 0 heterocycles. The topological polar surface area (TPSA) is 69.6 Å². The summed E-state index contributed by atoms with van der Waals surface area (Å²) in [5.41, 5.74) is 0. The molecule has 0 rings (SSSR count). The molecule has 4 heteroatoms. The van der Waals surface area contributed by atoms with Gasteiger partial charge in [0.25, 0.3) is 0 Å². The molecule has 0 aromatic heterocycles. The van der Waals surface area contributed by atoms with Gasteiger partial charge < -0.3 is 15.5 Å². The van der Waals surface area contributed by atoms with E-state index in [4.69, 9.17) is 0 Å². The van der Waals surface area contributed by atoms with Crippen LogP contribution in [0.5, 0.6) is 0 Å². The molecule has 2 unspecified atom stereocenters. The Bertz CT molecular complexity index is 691. The highest BCUT2D eigenvalue weighted by Gasteiger charge is 2.19. The Morgan fingerprint density at radius 3 is 1.29 bits per heavy atom. The number of carbonyl (C=O) groups is 1. The molecule has 0 fully saturated rings. The molecule has 0 bridgehead atoms. The van der Waals surface area contributed by atoms with E-state index >= 15 is 0 Å². The fraction of sp³-hybridized carbons (Fsp3) is 0.886. The molecule has 0 aliphatic rings. The Morgan fingerprint density at radius 2 is 0.854 bits per heavy atom. The normalized spacial score (nSPS) is 13.2. The van der Waals surface area contributed by atoms with Gasteiger partial charge in [-0.05, 0) is 44.9 Å². The van der Waals surface area contributed by atoms with Gasteiger partial charge in [-0.1, -0.05) is 205 Å². The number of unbranched alkanes of at least 4 members (excludes halogenated alkanes) is 28. The van der Waals surface area contributed by atoms with Gasteiger partial charge >= 0.3 is 0 Å². The quantitative estimate of drug-likeness (QED) is 0.0448. The smallest absolute Gasteiger partial charge is 0.220 e. The van der Waals surface area contributed by atoms with Crippen molar-refractivity contribution in [2.45, 2.75) is 244 Å². The van der Waals surface area contributed by atoms with Crippen LogP contribution < -0.4 is 5.32 Å². The van der Waals surface area contributed by atoms with E-state index in [-0.39, 0.29) is 12.5 Å². The zero-order valence-electron chi connectivity index (χ0n) is 32.5. The molecular weight excluding hydrogens is 590 g/mol. The van der Waals surface area contributed by atoms with Gasteiger partial charge in [-0.15, -0.1) is 0 Å². The predicted molar refractivity (Wildman–Crippen MR) is 212 cm³/mol. The Hall–Kier alpha value is -1.13. The maximum absolute atomic E-state index is 12.4. The number of hydrogen-bond donors (Lipinski definition) is 3. The minimum Gasteiger partial charge on any atom is -0.394 e. The molecule has 48 heavy (non-hydrogen) atoms. The average Bonchev–Trinajstić information content (AvgIpc) is 3.09. The number of allylic oxidation sites excluding steroid dienone is 4. The SMILES string of the molecule is CCCCC/C=C\C/C=C\CCCCCCCC(=O)NC(CO)C(O)CCCCCCCCCCCCCCCCCCCCCCC. The molecular formula is C44H85NO3. The molecule has 0 aliphatic carbocycles. The molecule has 0 aromatic rings. The van der Waals surface area contributed by atoms with Crippen molar-refractivity contribution in [3.63, 3.8) is 0 Å². The molecule has 4 nitrogen and oxygen atoms in total. The van der Waals surface area contributed by atoms with Crippen molar-refractivity contribution < 1.29 is 15.0 Å². The molecule has 0 saturated heterocycles. The van der Waals surface area contributed by atoms with E-state index in [1.165, 1.54) is 161 Å². The van der Waals surface area contributed by atoms with E-state index in [9.17, 15) is 15.0 Å². The van der Waals surface area contributed by atoms with Crippen LogP contribution in [-0.4, -0.2) is 34.9 Å². The molecule has 0 spiro atoms. The summed E-state index contributed by atoms with van der Waals surface area (Å²) in [7, 11) is 0. The Labute approximate surface area is 300 Å². The second-order valence-corrected chi connectivity index (χ2v) is 14.8. The first-order chi connectivity index (χ1) is 23.7. The van der Waals surface area contributed by atoms with E-state index in [1.807, 2.05) is 0 Å². The first-order valence-electron chi connectivity index (χ1n) is 21.5.